The Hall–Kier alpha value is -1.40. The van der Waals surface area contributed by atoms with Gasteiger partial charge in [0.2, 0.25) is 0 Å². The molecule has 0 unspecified atom stereocenters. The molecule has 0 radical (unpaired) electrons. The number of aliphatic hydroxyl groups is 1. The summed E-state index contributed by atoms with van der Waals surface area (Å²) >= 11 is 5.51. The first-order valence-electron chi connectivity index (χ1n) is 4.23. The number of halogens is 3. The fourth-order valence-electron chi connectivity index (χ4n) is 0.938. The lowest BCUT2D eigenvalue weighted by Gasteiger charge is -2.08. The van der Waals surface area contributed by atoms with Crippen molar-refractivity contribution in [3.05, 3.63) is 28.8 Å². The number of carbonyl (C=O) groups is 1. The van der Waals surface area contributed by atoms with Crippen LogP contribution >= 0.6 is 11.6 Å². The number of benzene rings is 1. The number of ether oxygens (including phenoxy) is 1. The zero-order valence-electron chi connectivity index (χ0n) is 7.97. The van der Waals surface area contributed by atoms with Crippen LogP contribution in [0.25, 0.3) is 0 Å². The third-order valence-electron chi connectivity index (χ3n) is 1.56. The highest BCUT2D eigenvalue weighted by Crippen LogP contribution is 2.26. The smallest absolute Gasteiger partial charge is 0.411 e. The summed E-state index contributed by atoms with van der Waals surface area (Å²) < 4.78 is 30.2. The maximum atomic E-state index is 13.1. The molecule has 0 aliphatic rings. The highest BCUT2D eigenvalue weighted by Gasteiger charge is 2.13. The molecule has 0 aliphatic heterocycles. The van der Waals surface area contributed by atoms with Gasteiger partial charge in [-0.05, 0) is 6.07 Å². The molecule has 0 aromatic heterocycles. The summed E-state index contributed by atoms with van der Waals surface area (Å²) in [6.07, 6.45) is -0.985. The van der Waals surface area contributed by atoms with Gasteiger partial charge in [0.25, 0.3) is 0 Å². The summed E-state index contributed by atoms with van der Waals surface area (Å²) in [5, 5.41) is 10.1. The van der Waals surface area contributed by atoms with Gasteiger partial charge in [-0.3, -0.25) is 5.32 Å². The van der Waals surface area contributed by atoms with Crippen molar-refractivity contribution >= 4 is 23.4 Å². The van der Waals surface area contributed by atoms with Gasteiger partial charge in [0.05, 0.1) is 17.3 Å². The molecule has 0 spiro atoms. The van der Waals surface area contributed by atoms with Gasteiger partial charge in [0.15, 0.2) is 5.82 Å². The topological polar surface area (TPSA) is 58.6 Å². The Morgan fingerprint density at radius 2 is 2.19 bits per heavy atom. The minimum absolute atomic E-state index is 0.230. The summed E-state index contributed by atoms with van der Waals surface area (Å²) in [5.74, 6) is -1.86. The van der Waals surface area contributed by atoms with Crippen molar-refractivity contribution in [3.8, 4) is 0 Å². The van der Waals surface area contributed by atoms with E-state index in [1.807, 2.05) is 5.32 Å². The van der Waals surface area contributed by atoms with Gasteiger partial charge >= 0.3 is 6.09 Å². The van der Waals surface area contributed by atoms with E-state index in [-0.39, 0.29) is 23.9 Å². The van der Waals surface area contributed by atoms with Crippen molar-refractivity contribution in [2.75, 3.05) is 18.5 Å². The average Bonchev–Trinajstić information content (AvgIpc) is 2.20. The quantitative estimate of drug-likeness (QED) is 0.865. The minimum Gasteiger partial charge on any atom is -0.447 e. The van der Waals surface area contributed by atoms with Crippen LogP contribution in [0.15, 0.2) is 12.1 Å². The van der Waals surface area contributed by atoms with Crippen LogP contribution in [0.4, 0.5) is 19.3 Å². The number of carbonyl (C=O) groups excluding carboxylic acids is 1. The van der Waals surface area contributed by atoms with Crippen molar-refractivity contribution in [2.45, 2.75) is 0 Å². The molecule has 0 saturated heterocycles. The lowest BCUT2D eigenvalue weighted by atomic mass is 10.3. The first-order valence-corrected chi connectivity index (χ1v) is 4.61. The van der Waals surface area contributed by atoms with E-state index in [2.05, 4.69) is 4.74 Å². The zero-order valence-corrected chi connectivity index (χ0v) is 8.72. The maximum absolute atomic E-state index is 13.1. The average molecular weight is 252 g/mol. The molecule has 1 rings (SSSR count). The van der Waals surface area contributed by atoms with Crippen molar-refractivity contribution < 1.29 is 23.4 Å². The van der Waals surface area contributed by atoms with E-state index in [4.69, 9.17) is 16.7 Å². The molecule has 16 heavy (non-hydrogen) atoms. The van der Waals surface area contributed by atoms with Gasteiger partial charge in [0.1, 0.15) is 12.4 Å². The Balaban J connectivity index is 2.77. The van der Waals surface area contributed by atoms with Gasteiger partial charge in [-0.2, -0.15) is 0 Å². The van der Waals surface area contributed by atoms with Crippen LogP contribution in [0, 0.1) is 11.6 Å². The second-order valence-corrected chi connectivity index (χ2v) is 3.14. The lowest BCUT2D eigenvalue weighted by molar-refractivity contribution is 0.131. The Bertz CT molecular complexity index is 377. The molecule has 4 nitrogen and oxygen atoms in total. The molecule has 0 heterocycles. The Morgan fingerprint density at radius 1 is 1.50 bits per heavy atom. The third-order valence-corrected chi connectivity index (χ3v) is 1.86. The molecule has 0 bridgehead atoms. The predicted molar refractivity (Wildman–Crippen MR) is 53.4 cm³/mol. The molecule has 88 valence electrons. The summed E-state index contributed by atoms with van der Waals surface area (Å²) in [6, 6.07) is 1.43. The van der Waals surface area contributed by atoms with Crippen LogP contribution in [0.1, 0.15) is 0 Å². The number of nitrogens with one attached hydrogen (secondary N) is 1. The largest absolute Gasteiger partial charge is 0.447 e. The monoisotopic (exact) mass is 251 g/mol. The third kappa shape index (κ3) is 3.32. The second-order valence-electron chi connectivity index (χ2n) is 2.73. The Labute approximate surface area is 94.8 Å². The Morgan fingerprint density at radius 3 is 2.75 bits per heavy atom. The molecule has 2 N–H and O–H groups in total. The van der Waals surface area contributed by atoms with Gasteiger partial charge in [0, 0.05) is 6.07 Å². The number of anilines is 1. The first kappa shape index (κ1) is 12.7. The molecule has 1 amide bonds. The summed E-state index contributed by atoms with van der Waals surface area (Å²) in [5.41, 5.74) is -0.369. The van der Waals surface area contributed by atoms with Gasteiger partial charge < -0.3 is 9.84 Å². The van der Waals surface area contributed by atoms with E-state index < -0.39 is 17.7 Å². The van der Waals surface area contributed by atoms with E-state index in [0.717, 1.165) is 6.07 Å². The minimum atomic E-state index is -1.01. The number of hydrogen-bond donors (Lipinski definition) is 2. The van der Waals surface area contributed by atoms with Crippen LogP contribution < -0.4 is 5.32 Å². The van der Waals surface area contributed by atoms with Crippen LogP contribution in [0.3, 0.4) is 0 Å². The van der Waals surface area contributed by atoms with Crippen molar-refractivity contribution in [1.29, 1.82) is 0 Å². The van der Waals surface area contributed by atoms with Crippen molar-refractivity contribution in [2.24, 2.45) is 0 Å². The van der Waals surface area contributed by atoms with E-state index >= 15 is 0 Å². The van der Waals surface area contributed by atoms with Crippen LogP contribution in [-0.2, 0) is 4.74 Å². The molecule has 0 fully saturated rings. The van der Waals surface area contributed by atoms with E-state index in [1.165, 1.54) is 0 Å². The standard InChI is InChI=1S/C9H8ClF2NO3/c10-6-3-5(11)4-7(12)8(6)13-9(15)16-2-1-14/h3-4,14H,1-2H2,(H,13,15). The van der Waals surface area contributed by atoms with Crippen LogP contribution in [0.5, 0.6) is 0 Å². The van der Waals surface area contributed by atoms with Gasteiger partial charge in [-0.1, -0.05) is 11.6 Å². The fraction of sp³-hybridized carbons (Fsp3) is 0.222. The lowest BCUT2D eigenvalue weighted by Crippen LogP contribution is -2.17. The molecular weight excluding hydrogens is 244 g/mol. The highest BCUT2D eigenvalue weighted by molar-refractivity contribution is 6.33. The van der Waals surface area contributed by atoms with Gasteiger partial charge in [-0.25, -0.2) is 13.6 Å². The summed E-state index contributed by atoms with van der Waals surface area (Å²) in [4.78, 5) is 11.0. The fourth-order valence-corrected chi connectivity index (χ4v) is 1.18. The molecule has 1 aromatic carbocycles. The molecule has 7 heteroatoms. The molecule has 0 atom stereocenters. The molecule has 0 saturated carbocycles. The van der Waals surface area contributed by atoms with Crippen LogP contribution in [-0.4, -0.2) is 24.4 Å². The number of hydrogen-bond acceptors (Lipinski definition) is 3. The predicted octanol–water partition coefficient (Wildman–Crippen LogP) is 2.16. The first-order chi connectivity index (χ1) is 7.54. The number of aliphatic hydroxyl groups excluding tert-OH is 1. The molecular formula is C9H8ClF2NO3. The SMILES string of the molecule is O=C(Nc1c(F)cc(F)cc1Cl)OCCO. The summed E-state index contributed by atoms with van der Waals surface area (Å²) in [7, 11) is 0. The number of amides is 1. The van der Waals surface area contributed by atoms with Gasteiger partial charge in [-0.15, -0.1) is 0 Å². The second kappa shape index (κ2) is 5.62. The molecule has 0 aliphatic carbocycles. The van der Waals surface area contributed by atoms with Crippen molar-refractivity contribution in [1.82, 2.24) is 0 Å². The highest BCUT2D eigenvalue weighted by atomic mass is 35.5. The van der Waals surface area contributed by atoms with E-state index in [9.17, 15) is 13.6 Å². The zero-order chi connectivity index (χ0) is 12.1. The summed E-state index contributed by atoms with van der Waals surface area (Å²) in [6.45, 7) is -0.584. The van der Waals surface area contributed by atoms with Crippen molar-refractivity contribution in [3.63, 3.8) is 0 Å². The molecule has 1 aromatic rings. The van der Waals surface area contributed by atoms with Crippen LogP contribution in [0.2, 0.25) is 5.02 Å². The van der Waals surface area contributed by atoms with E-state index in [0.29, 0.717) is 6.07 Å². The van der Waals surface area contributed by atoms with E-state index in [1.54, 1.807) is 0 Å². The number of rotatable bonds is 3. The maximum Gasteiger partial charge on any atom is 0.411 e. The Kier molecular flexibility index (Phi) is 4.45. The normalized spacial score (nSPS) is 10.0.